The minimum Gasteiger partial charge on any atom is -0.379 e. The molecule has 3 N–H and O–H groups in total. The van der Waals surface area contributed by atoms with Crippen LogP contribution in [0.3, 0.4) is 0 Å². The van der Waals surface area contributed by atoms with Gasteiger partial charge >= 0.3 is 0 Å². The van der Waals surface area contributed by atoms with Crippen LogP contribution in [0.1, 0.15) is 22.6 Å². The Balaban J connectivity index is 1.88. The summed E-state index contributed by atoms with van der Waals surface area (Å²) in [7, 11) is 0. The van der Waals surface area contributed by atoms with E-state index in [0.29, 0.717) is 23.9 Å². The van der Waals surface area contributed by atoms with Crippen LogP contribution in [0.5, 0.6) is 0 Å². The Morgan fingerprint density at radius 1 is 1.35 bits per heavy atom. The highest BCUT2D eigenvalue weighted by atomic mass is 32.2. The van der Waals surface area contributed by atoms with Gasteiger partial charge in [0, 0.05) is 23.7 Å². The van der Waals surface area contributed by atoms with Gasteiger partial charge in [0.25, 0.3) is 5.91 Å². The van der Waals surface area contributed by atoms with Gasteiger partial charge in [-0.1, -0.05) is 11.8 Å². The molecule has 1 atom stereocenters. The molecule has 0 spiro atoms. The maximum atomic E-state index is 13.7. The molecule has 3 heterocycles. The molecule has 136 valence electrons. The first-order valence-corrected chi connectivity index (χ1v) is 8.55. The van der Waals surface area contributed by atoms with Gasteiger partial charge in [0.15, 0.2) is 16.7 Å². The molecule has 0 saturated heterocycles. The van der Waals surface area contributed by atoms with E-state index in [1.165, 1.54) is 30.1 Å². The first-order chi connectivity index (χ1) is 12.4. The van der Waals surface area contributed by atoms with Gasteiger partial charge in [0.2, 0.25) is 0 Å². The fourth-order valence-corrected chi connectivity index (χ4v) is 3.40. The number of thioether (sulfide) groups is 1. The predicted molar refractivity (Wildman–Crippen MR) is 92.7 cm³/mol. The van der Waals surface area contributed by atoms with E-state index in [-0.39, 0.29) is 10.9 Å². The maximum Gasteiger partial charge on any atom is 0.277 e. The van der Waals surface area contributed by atoms with Gasteiger partial charge in [-0.3, -0.25) is 9.78 Å². The Morgan fingerprint density at radius 2 is 2.15 bits per heavy atom. The second-order valence-electron chi connectivity index (χ2n) is 5.58. The number of halogens is 3. The van der Waals surface area contributed by atoms with Crippen molar-refractivity contribution in [1.29, 1.82) is 0 Å². The lowest BCUT2D eigenvalue weighted by atomic mass is 9.93. The van der Waals surface area contributed by atoms with E-state index >= 15 is 0 Å². The Bertz CT molecular complexity index is 879. The third-order valence-electron chi connectivity index (χ3n) is 3.83. The summed E-state index contributed by atoms with van der Waals surface area (Å²) in [4.78, 5) is 23.9. The summed E-state index contributed by atoms with van der Waals surface area (Å²) in [5, 5.41) is 2.71. The topological polar surface area (TPSA) is 93.3 Å². The highest BCUT2D eigenvalue weighted by Crippen LogP contribution is 2.35. The smallest absolute Gasteiger partial charge is 0.277 e. The summed E-state index contributed by atoms with van der Waals surface area (Å²) in [5.74, 6) is -2.25. The maximum absolute atomic E-state index is 13.7. The van der Waals surface area contributed by atoms with E-state index in [1.54, 1.807) is 0 Å². The van der Waals surface area contributed by atoms with Crippen molar-refractivity contribution in [2.24, 2.45) is 10.7 Å². The highest BCUT2D eigenvalue weighted by molar-refractivity contribution is 8.13. The molecule has 1 amide bonds. The molecule has 0 fully saturated rings. The van der Waals surface area contributed by atoms with E-state index in [0.717, 1.165) is 6.20 Å². The molecule has 2 aromatic heterocycles. The summed E-state index contributed by atoms with van der Waals surface area (Å²) in [6, 6.07) is 3.47. The highest BCUT2D eigenvalue weighted by Gasteiger charge is 2.36. The standard InChI is InChI=1S/C16H14F3N5OS/c17-8-16(2-4-26-15(20)24-16)12-6-10(1-3-21-12)23-14(25)13-11(19)5-9(18)7-22-13/h1,3,5-7H,2,4,8H2,(H2,20,24)(H,21,23,25)/t16-/m1/s1. The van der Waals surface area contributed by atoms with Crippen LogP contribution >= 0.6 is 11.8 Å². The normalized spacial score (nSPS) is 19.7. The average molecular weight is 381 g/mol. The zero-order valence-corrected chi connectivity index (χ0v) is 14.2. The van der Waals surface area contributed by atoms with E-state index < -0.39 is 35.4 Å². The molecule has 0 aromatic carbocycles. The van der Waals surface area contributed by atoms with Crippen LogP contribution in [-0.2, 0) is 5.54 Å². The van der Waals surface area contributed by atoms with Crippen molar-refractivity contribution in [1.82, 2.24) is 9.97 Å². The summed E-state index contributed by atoms with van der Waals surface area (Å²) in [6.45, 7) is -0.799. The molecule has 2 aromatic rings. The molecule has 6 nitrogen and oxygen atoms in total. The number of hydrogen-bond donors (Lipinski definition) is 2. The van der Waals surface area contributed by atoms with Crippen molar-refractivity contribution in [3.8, 4) is 0 Å². The Kier molecular flexibility index (Phi) is 5.12. The van der Waals surface area contributed by atoms with Gasteiger partial charge in [-0.25, -0.2) is 23.1 Å². The second kappa shape index (κ2) is 7.32. The van der Waals surface area contributed by atoms with Crippen LogP contribution in [0.25, 0.3) is 0 Å². The van der Waals surface area contributed by atoms with E-state index in [9.17, 15) is 18.0 Å². The lowest BCUT2D eigenvalue weighted by Crippen LogP contribution is -2.34. The number of aromatic nitrogens is 2. The number of pyridine rings is 2. The SMILES string of the molecule is NC1=N[C@](CF)(c2cc(NC(=O)c3ncc(F)cc3F)ccn2)CCS1. The van der Waals surface area contributed by atoms with Gasteiger partial charge in [0.05, 0.1) is 11.9 Å². The summed E-state index contributed by atoms with van der Waals surface area (Å²) in [6.07, 6.45) is 2.52. The van der Waals surface area contributed by atoms with Crippen LogP contribution in [0, 0.1) is 11.6 Å². The minimum atomic E-state index is -1.21. The van der Waals surface area contributed by atoms with Crippen LogP contribution in [-0.4, -0.2) is 33.5 Å². The summed E-state index contributed by atoms with van der Waals surface area (Å²) < 4.78 is 40.3. The molecule has 26 heavy (non-hydrogen) atoms. The number of anilines is 1. The van der Waals surface area contributed by atoms with Gasteiger partial charge in [0.1, 0.15) is 18.0 Å². The number of carbonyl (C=O) groups excluding carboxylic acids is 1. The number of aliphatic imine (C=N–C) groups is 1. The minimum absolute atomic E-state index is 0.255. The summed E-state index contributed by atoms with van der Waals surface area (Å²) >= 11 is 1.33. The largest absolute Gasteiger partial charge is 0.379 e. The van der Waals surface area contributed by atoms with Crippen LogP contribution in [0.15, 0.2) is 35.6 Å². The number of rotatable bonds is 4. The van der Waals surface area contributed by atoms with Crippen molar-refractivity contribution in [2.75, 3.05) is 17.7 Å². The first-order valence-electron chi connectivity index (χ1n) is 7.56. The molecule has 0 aliphatic carbocycles. The van der Waals surface area contributed by atoms with Gasteiger partial charge in [-0.2, -0.15) is 0 Å². The van der Waals surface area contributed by atoms with Crippen LogP contribution in [0.2, 0.25) is 0 Å². The zero-order valence-electron chi connectivity index (χ0n) is 13.4. The third kappa shape index (κ3) is 3.64. The Morgan fingerprint density at radius 3 is 2.85 bits per heavy atom. The van der Waals surface area contributed by atoms with E-state index in [4.69, 9.17) is 5.73 Å². The zero-order chi connectivity index (χ0) is 18.7. The van der Waals surface area contributed by atoms with E-state index in [2.05, 4.69) is 20.3 Å². The van der Waals surface area contributed by atoms with Gasteiger partial charge < -0.3 is 11.1 Å². The average Bonchev–Trinajstić information content (AvgIpc) is 2.61. The molecular formula is C16H14F3N5OS. The predicted octanol–water partition coefficient (Wildman–Crippen LogP) is 2.62. The Hall–Kier alpha value is -2.62. The molecule has 0 unspecified atom stereocenters. The van der Waals surface area contributed by atoms with Gasteiger partial charge in [-0.15, -0.1) is 0 Å². The number of amides is 1. The molecule has 3 rings (SSSR count). The molecule has 0 bridgehead atoms. The molecule has 1 aliphatic heterocycles. The number of nitrogens with zero attached hydrogens (tertiary/aromatic N) is 3. The number of nitrogens with one attached hydrogen (secondary N) is 1. The number of carbonyl (C=O) groups is 1. The number of nitrogens with two attached hydrogens (primary N) is 1. The summed E-state index contributed by atoms with van der Waals surface area (Å²) in [5.41, 5.74) is 4.50. The van der Waals surface area contributed by atoms with Crippen LogP contribution < -0.4 is 11.1 Å². The van der Waals surface area contributed by atoms with Crippen molar-refractivity contribution >= 4 is 28.5 Å². The molecule has 0 saturated carbocycles. The molecule has 1 aliphatic rings. The van der Waals surface area contributed by atoms with Crippen molar-refractivity contribution in [3.63, 3.8) is 0 Å². The number of amidine groups is 1. The molecule has 10 heteroatoms. The Labute approximate surface area is 151 Å². The van der Waals surface area contributed by atoms with Crippen LogP contribution in [0.4, 0.5) is 18.9 Å². The lowest BCUT2D eigenvalue weighted by Gasteiger charge is -2.30. The second-order valence-corrected chi connectivity index (χ2v) is 6.70. The van der Waals surface area contributed by atoms with Gasteiger partial charge in [-0.05, 0) is 18.6 Å². The third-order valence-corrected chi connectivity index (χ3v) is 4.62. The fraction of sp³-hybridized carbons (Fsp3) is 0.250. The molecule has 0 radical (unpaired) electrons. The lowest BCUT2D eigenvalue weighted by molar-refractivity contribution is 0.101. The van der Waals surface area contributed by atoms with Crippen molar-refractivity contribution < 1.29 is 18.0 Å². The number of alkyl halides is 1. The van der Waals surface area contributed by atoms with E-state index in [1.807, 2.05) is 0 Å². The monoisotopic (exact) mass is 381 g/mol. The van der Waals surface area contributed by atoms with Crippen molar-refractivity contribution in [2.45, 2.75) is 12.0 Å². The first kappa shape index (κ1) is 18.2. The fourth-order valence-electron chi connectivity index (χ4n) is 2.51. The number of hydrogen-bond acceptors (Lipinski definition) is 6. The molecular weight excluding hydrogens is 367 g/mol. The quantitative estimate of drug-likeness (QED) is 0.849. The van der Waals surface area contributed by atoms with Crippen molar-refractivity contribution in [3.05, 3.63) is 53.6 Å².